The van der Waals surface area contributed by atoms with Gasteiger partial charge in [-0.3, -0.25) is 9.78 Å². The van der Waals surface area contributed by atoms with Gasteiger partial charge in [-0.2, -0.15) is 13.2 Å². The third-order valence-corrected chi connectivity index (χ3v) is 3.44. The van der Waals surface area contributed by atoms with Crippen LogP contribution in [0, 0.1) is 5.41 Å². The molecule has 0 aromatic carbocycles. The Morgan fingerprint density at radius 2 is 2.11 bits per heavy atom. The molecule has 0 unspecified atom stereocenters. The van der Waals surface area contributed by atoms with Crippen molar-refractivity contribution >= 4 is 5.97 Å². The van der Waals surface area contributed by atoms with E-state index in [9.17, 15) is 18.0 Å². The van der Waals surface area contributed by atoms with Gasteiger partial charge in [-0.05, 0) is 25.0 Å². The molecule has 1 N–H and O–H groups in total. The van der Waals surface area contributed by atoms with E-state index in [4.69, 9.17) is 5.11 Å². The van der Waals surface area contributed by atoms with E-state index in [0.717, 1.165) is 0 Å². The predicted octanol–water partition coefficient (Wildman–Crippen LogP) is 2.98. The van der Waals surface area contributed by atoms with Crippen molar-refractivity contribution in [2.45, 2.75) is 31.4 Å². The quantitative estimate of drug-likeness (QED) is 0.904. The minimum Gasteiger partial charge on any atom is -0.481 e. The van der Waals surface area contributed by atoms with Crippen LogP contribution in [0.5, 0.6) is 0 Å². The lowest BCUT2D eigenvalue weighted by Gasteiger charge is -2.27. The molecule has 98 valence electrons. The zero-order valence-corrected chi connectivity index (χ0v) is 9.44. The fourth-order valence-electron chi connectivity index (χ4n) is 2.30. The Morgan fingerprint density at radius 1 is 1.44 bits per heavy atom. The van der Waals surface area contributed by atoms with E-state index in [1.165, 1.54) is 12.3 Å². The lowest BCUT2D eigenvalue weighted by atomic mass is 9.82. The van der Waals surface area contributed by atoms with Gasteiger partial charge >= 0.3 is 12.1 Å². The summed E-state index contributed by atoms with van der Waals surface area (Å²) < 4.78 is 39.2. The maximum absolute atomic E-state index is 13.1. The fourth-order valence-corrected chi connectivity index (χ4v) is 2.30. The number of nitrogens with zero attached hydrogens (tertiary/aromatic N) is 1. The molecule has 0 radical (unpaired) electrons. The number of hydrogen-bond acceptors (Lipinski definition) is 2. The van der Waals surface area contributed by atoms with Crippen LogP contribution in [0.1, 0.15) is 30.9 Å². The van der Waals surface area contributed by atoms with Gasteiger partial charge in [0, 0.05) is 17.8 Å². The molecule has 1 fully saturated rings. The highest BCUT2D eigenvalue weighted by molar-refractivity contribution is 5.68. The van der Waals surface area contributed by atoms with Crippen molar-refractivity contribution in [3.05, 3.63) is 30.1 Å². The average molecular weight is 259 g/mol. The molecule has 1 aliphatic rings. The van der Waals surface area contributed by atoms with E-state index in [2.05, 4.69) is 4.98 Å². The second-order valence-corrected chi connectivity index (χ2v) is 4.56. The number of carboxylic acid groups (broad SMARTS) is 1. The summed E-state index contributed by atoms with van der Waals surface area (Å²) >= 11 is 0. The summed E-state index contributed by atoms with van der Waals surface area (Å²) in [5, 5.41) is 8.81. The number of aromatic nitrogens is 1. The number of alkyl halides is 3. The summed E-state index contributed by atoms with van der Waals surface area (Å²) in [4.78, 5) is 14.7. The average Bonchev–Trinajstić information content (AvgIpc) is 3.07. The molecule has 1 aliphatic carbocycles. The number of pyridine rings is 1. The van der Waals surface area contributed by atoms with E-state index in [-0.39, 0.29) is 18.5 Å². The van der Waals surface area contributed by atoms with Crippen LogP contribution in [0.25, 0.3) is 0 Å². The first-order chi connectivity index (χ1) is 8.37. The second kappa shape index (κ2) is 4.26. The van der Waals surface area contributed by atoms with Crippen LogP contribution in [-0.4, -0.2) is 22.2 Å². The Bertz CT molecular complexity index is 440. The lowest BCUT2D eigenvalue weighted by molar-refractivity contribution is -0.195. The third kappa shape index (κ3) is 2.19. The summed E-state index contributed by atoms with van der Waals surface area (Å²) in [7, 11) is 0. The summed E-state index contributed by atoms with van der Waals surface area (Å²) in [5.41, 5.74) is -1.70. The maximum atomic E-state index is 13.1. The van der Waals surface area contributed by atoms with Gasteiger partial charge in [0.05, 0.1) is 11.8 Å². The van der Waals surface area contributed by atoms with E-state index >= 15 is 0 Å². The molecule has 18 heavy (non-hydrogen) atoms. The van der Waals surface area contributed by atoms with E-state index < -0.39 is 29.9 Å². The van der Waals surface area contributed by atoms with Crippen molar-refractivity contribution in [2.75, 3.05) is 0 Å². The maximum Gasteiger partial charge on any atom is 0.395 e. The Morgan fingerprint density at radius 3 is 2.50 bits per heavy atom. The minimum atomic E-state index is -4.38. The molecular formula is C12H12F3NO2. The van der Waals surface area contributed by atoms with Gasteiger partial charge in [-0.1, -0.05) is 6.07 Å². The zero-order valence-electron chi connectivity index (χ0n) is 9.44. The largest absolute Gasteiger partial charge is 0.481 e. The van der Waals surface area contributed by atoms with Crippen LogP contribution in [0.2, 0.25) is 0 Å². The third-order valence-electron chi connectivity index (χ3n) is 3.44. The van der Waals surface area contributed by atoms with E-state index in [0.29, 0.717) is 0 Å². The van der Waals surface area contributed by atoms with Crippen LogP contribution in [0.4, 0.5) is 13.2 Å². The second-order valence-electron chi connectivity index (χ2n) is 4.56. The van der Waals surface area contributed by atoms with Gasteiger partial charge in [0.2, 0.25) is 0 Å². The smallest absolute Gasteiger partial charge is 0.395 e. The van der Waals surface area contributed by atoms with Crippen molar-refractivity contribution in [1.82, 2.24) is 4.98 Å². The Balaban J connectivity index is 2.36. The predicted molar refractivity (Wildman–Crippen MR) is 57.0 cm³/mol. The molecule has 0 saturated heterocycles. The Kier molecular flexibility index (Phi) is 3.04. The number of aliphatic carboxylic acids is 1. The van der Waals surface area contributed by atoms with E-state index in [1.807, 2.05) is 0 Å². The normalized spacial score (nSPS) is 19.3. The Labute approximate surface area is 102 Å². The SMILES string of the molecule is O=C(O)C[C@H](c1ccccn1)C1(C(F)(F)F)CC1. The number of halogens is 3. The molecule has 6 heteroatoms. The van der Waals surface area contributed by atoms with Crippen LogP contribution in [0.15, 0.2) is 24.4 Å². The van der Waals surface area contributed by atoms with Crippen molar-refractivity contribution in [2.24, 2.45) is 5.41 Å². The number of carbonyl (C=O) groups is 1. The molecule has 1 heterocycles. The van der Waals surface area contributed by atoms with Gasteiger partial charge in [0.1, 0.15) is 0 Å². The molecule has 0 amide bonds. The van der Waals surface area contributed by atoms with Crippen LogP contribution >= 0.6 is 0 Å². The van der Waals surface area contributed by atoms with Crippen molar-refractivity contribution in [1.29, 1.82) is 0 Å². The zero-order chi connectivity index (χ0) is 13.4. The topological polar surface area (TPSA) is 50.2 Å². The molecule has 1 aromatic heterocycles. The van der Waals surface area contributed by atoms with Crippen molar-refractivity contribution < 1.29 is 23.1 Å². The van der Waals surface area contributed by atoms with Crippen LogP contribution < -0.4 is 0 Å². The van der Waals surface area contributed by atoms with Gasteiger partial charge in [0.15, 0.2) is 0 Å². The Hall–Kier alpha value is -1.59. The number of carboxylic acids is 1. The molecular weight excluding hydrogens is 247 g/mol. The summed E-state index contributed by atoms with van der Waals surface area (Å²) in [6, 6.07) is 4.62. The summed E-state index contributed by atoms with van der Waals surface area (Å²) in [5.74, 6) is -2.34. The standard InChI is InChI=1S/C12H12F3NO2/c13-12(14,15)11(4-5-11)8(7-10(17)18)9-3-1-2-6-16-9/h1-3,6,8H,4-5,7H2,(H,17,18)/t8-/m1/s1. The van der Waals surface area contributed by atoms with E-state index in [1.54, 1.807) is 12.1 Å². The van der Waals surface area contributed by atoms with Crippen molar-refractivity contribution in [3.8, 4) is 0 Å². The van der Waals surface area contributed by atoms with Gasteiger partial charge in [0.25, 0.3) is 0 Å². The molecule has 3 nitrogen and oxygen atoms in total. The molecule has 2 rings (SSSR count). The first-order valence-electron chi connectivity index (χ1n) is 5.56. The van der Waals surface area contributed by atoms with Crippen LogP contribution in [0.3, 0.4) is 0 Å². The highest BCUT2D eigenvalue weighted by atomic mass is 19.4. The minimum absolute atomic E-state index is 0.0228. The summed E-state index contributed by atoms with van der Waals surface area (Å²) in [6.45, 7) is 0. The van der Waals surface area contributed by atoms with Gasteiger partial charge < -0.3 is 5.11 Å². The molecule has 1 aromatic rings. The van der Waals surface area contributed by atoms with Crippen LogP contribution in [-0.2, 0) is 4.79 Å². The monoisotopic (exact) mass is 259 g/mol. The lowest BCUT2D eigenvalue weighted by Crippen LogP contribution is -2.32. The first kappa shape index (κ1) is 12.9. The summed E-state index contributed by atoms with van der Waals surface area (Å²) in [6.07, 6.45) is -3.59. The molecule has 1 atom stereocenters. The number of hydrogen-bond donors (Lipinski definition) is 1. The highest BCUT2D eigenvalue weighted by Gasteiger charge is 2.67. The van der Waals surface area contributed by atoms with Gasteiger partial charge in [-0.15, -0.1) is 0 Å². The molecule has 0 aliphatic heterocycles. The highest BCUT2D eigenvalue weighted by Crippen LogP contribution is 2.65. The molecule has 1 saturated carbocycles. The first-order valence-corrected chi connectivity index (χ1v) is 5.56. The van der Waals surface area contributed by atoms with Gasteiger partial charge in [-0.25, -0.2) is 0 Å². The van der Waals surface area contributed by atoms with Crippen molar-refractivity contribution in [3.63, 3.8) is 0 Å². The fraction of sp³-hybridized carbons (Fsp3) is 0.500. The molecule has 0 spiro atoms. The molecule has 0 bridgehead atoms. The number of rotatable bonds is 4.